The Hall–Kier alpha value is -3.26. The van der Waals surface area contributed by atoms with E-state index in [9.17, 15) is 18.9 Å². The summed E-state index contributed by atoms with van der Waals surface area (Å²) < 4.78 is 14.2. The van der Waals surface area contributed by atoms with Gasteiger partial charge in [-0.2, -0.15) is 4.98 Å². The number of hydrogen-bond acceptors (Lipinski definition) is 5. The lowest BCUT2D eigenvalue weighted by molar-refractivity contribution is 0.0573. The molecule has 0 bridgehead atoms. The van der Waals surface area contributed by atoms with Crippen molar-refractivity contribution >= 4 is 16.7 Å². The van der Waals surface area contributed by atoms with E-state index in [1.54, 1.807) is 4.90 Å². The zero-order valence-electron chi connectivity index (χ0n) is 18.1. The highest BCUT2D eigenvalue weighted by molar-refractivity contribution is 7.84. The average molecular weight is 452 g/mol. The fraction of sp³-hybridized carbons (Fsp3) is 0.292. The molecule has 2 aromatic carbocycles. The van der Waals surface area contributed by atoms with E-state index in [1.165, 1.54) is 10.8 Å². The first kappa shape index (κ1) is 22.0. The Morgan fingerprint density at radius 1 is 1.00 bits per heavy atom. The molecule has 0 saturated carbocycles. The molecule has 32 heavy (non-hydrogen) atoms. The average Bonchev–Trinajstić information content (AvgIpc) is 2.78. The minimum atomic E-state index is -1.65. The fourth-order valence-electron chi connectivity index (χ4n) is 4.38. The van der Waals surface area contributed by atoms with Crippen molar-refractivity contribution in [2.24, 2.45) is 0 Å². The Bertz CT molecular complexity index is 1190. The van der Waals surface area contributed by atoms with Crippen LogP contribution in [0.5, 0.6) is 5.75 Å². The third-order valence-corrected chi connectivity index (χ3v) is 6.63. The van der Waals surface area contributed by atoms with Gasteiger partial charge in [-0.3, -0.25) is 13.8 Å². The highest BCUT2D eigenvalue weighted by atomic mass is 32.2. The topological polar surface area (TPSA) is 92.5 Å². The van der Waals surface area contributed by atoms with Gasteiger partial charge in [0, 0.05) is 24.8 Å². The number of hydrogen-bond donors (Lipinski definition) is 1. The molecule has 4 rings (SSSR count). The maximum absolute atomic E-state index is 13.3. The van der Waals surface area contributed by atoms with E-state index in [-0.39, 0.29) is 22.8 Å². The van der Waals surface area contributed by atoms with Crippen LogP contribution in [0, 0.1) is 0 Å². The van der Waals surface area contributed by atoms with E-state index in [0.29, 0.717) is 6.54 Å². The van der Waals surface area contributed by atoms with Crippen LogP contribution in [0.2, 0.25) is 0 Å². The summed E-state index contributed by atoms with van der Waals surface area (Å²) in [6.07, 6.45) is 1.42. The van der Waals surface area contributed by atoms with E-state index >= 15 is 0 Å². The second-order valence-corrected chi connectivity index (χ2v) is 9.41. The minimum absolute atomic E-state index is 0.0126. The third-order valence-electron chi connectivity index (χ3n) is 5.83. The summed E-state index contributed by atoms with van der Waals surface area (Å²) in [6, 6.07) is 19.1. The second-order valence-electron chi connectivity index (χ2n) is 8.14. The summed E-state index contributed by atoms with van der Waals surface area (Å²) in [5.41, 5.74) is 0.893. The molecule has 0 fully saturated rings. The number of amides is 1. The van der Waals surface area contributed by atoms with Gasteiger partial charge in [-0.25, -0.2) is 0 Å². The molecule has 1 N–H and O–H groups in total. The van der Waals surface area contributed by atoms with Crippen molar-refractivity contribution in [3.63, 3.8) is 0 Å². The van der Waals surface area contributed by atoms with Crippen LogP contribution in [0.4, 0.5) is 0 Å². The molecule has 1 unspecified atom stereocenters. The molecule has 0 saturated heterocycles. The monoisotopic (exact) mass is 451 g/mol. The number of carbonyl (C=O) groups is 1. The smallest absolute Gasteiger partial charge is 0.316 e. The van der Waals surface area contributed by atoms with E-state index < -0.39 is 34.1 Å². The summed E-state index contributed by atoms with van der Waals surface area (Å²) in [7, 11) is -1.65. The second kappa shape index (κ2) is 8.70. The Balaban J connectivity index is 2.06. The summed E-state index contributed by atoms with van der Waals surface area (Å²) in [4.78, 5) is 31.2. The van der Waals surface area contributed by atoms with E-state index in [1.807, 2.05) is 74.5 Å². The lowest BCUT2D eigenvalue weighted by Crippen LogP contribution is -2.50. The van der Waals surface area contributed by atoms with Crippen LogP contribution in [-0.2, 0) is 10.8 Å². The van der Waals surface area contributed by atoms with Crippen molar-refractivity contribution in [3.05, 3.63) is 87.8 Å². The number of rotatable bonds is 5. The predicted octanol–water partition coefficient (Wildman–Crippen LogP) is 2.92. The first-order valence-electron chi connectivity index (χ1n) is 10.4. The van der Waals surface area contributed by atoms with Crippen LogP contribution in [0.25, 0.3) is 0 Å². The summed E-state index contributed by atoms with van der Waals surface area (Å²) in [5, 5.41) is 10.6. The van der Waals surface area contributed by atoms with Crippen molar-refractivity contribution in [1.29, 1.82) is 0 Å². The predicted molar refractivity (Wildman–Crippen MR) is 122 cm³/mol. The standard InChI is InChI=1S/C24H25N3O4S/c1-15(2)26-14-18(19(16-10-6-4-7-11-16)17-12-8-5-9-13-17)27-20(23(26)30)21(28)22(29)25-24(27)32(3)31/h4-13,15,18-19,28H,14H2,1-3H3/t18-,32?/m1/s1. The Labute approximate surface area is 188 Å². The molecule has 166 valence electrons. The number of nitrogens with zero attached hydrogens (tertiary/aromatic N) is 3. The van der Waals surface area contributed by atoms with Crippen LogP contribution in [0.3, 0.4) is 0 Å². The van der Waals surface area contributed by atoms with Gasteiger partial charge < -0.3 is 14.6 Å². The molecule has 1 aliphatic rings. The highest BCUT2D eigenvalue weighted by Gasteiger charge is 2.41. The molecule has 1 aliphatic heterocycles. The molecule has 3 aromatic rings. The van der Waals surface area contributed by atoms with Gasteiger partial charge in [0.2, 0.25) is 10.9 Å². The van der Waals surface area contributed by atoms with Crippen LogP contribution < -0.4 is 5.56 Å². The summed E-state index contributed by atoms with van der Waals surface area (Å²) in [6.45, 7) is 4.09. The molecule has 0 spiro atoms. The largest absolute Gasteiger partial charge is 0.501 e. The quantitative estimate of drug-likeness (QED) is 0.602. The molecular formula is C24H25N3O4S. The highest BCUT2D eigenvalue weighted by Crippen LogP contribution is 2.41. The summed E-state index contributed by atoms with van der Waals surface area (Å²) in [5.74, 6) is -1.42. The van der Waals surface area contributed by atoms with Gasteiger partial charge in [0.05, 0.1) is 16.8 Å². The molecule has 2 heterocycles. The number of aromatic nitrogens is 2. The van der Waals surface area contributed by atoms with Crippen LogP contribution in [0.15, 0.2) is 70.6 Å². The minimum Gasteiger partial charge on any atom is -0.501 e. The Morgan fingerprint density at radius 2 is 1.53 bits per heavy atom. The van der Waals surface area contributed by atoms with Crippen LogP contribution >= 0.6 is 0 Å². The normalized spacial score (nSPS) is 17.0. The van der Waals surface area contributed by atoms with Crippen molar-refractivity contribution in [3.8, 4) is 5.75 Å². The van der Waals surface area contributed by atoms with E-state index in [2.05, 4.69) is 4.98 Å². The number of carbonyl (C=O) groups excluding carboxylic acids is 1. The number of fused-ring (bicyclic) bond motifs is 1. The maximum Gasteiger partial charge on any atom is 0.316 e. The van der Waals surface area contributed by atoms with Gasteiger partial charge in [-0.1, -0.05) is 60.7 Å². The van der Waals surface area contributed by atoms with Crippen molar-refractivity contribution < 1.29 is 14.1 Å². The van der Waals surface area contributed by atoms with Gasteiger partial charge >= 0.3 is 5.56 Å². The van der Waals surface area contributed by atoms with Gasteiger partial charge in [-0.05, 0) is 25.0 Å². The van der Waals surface area contributed by atoms with E-state index in [4.69, 9.17) is 0 Å². The van der Waals surface area contributed by atoms with Crippen molar-refractivity contribution in [2.75, 3.05) is 12.8 Å². The van der Waals surface area contributed by atoms with Gasteiger partial charge in [0.25, 0.3) is 5.91 Å². The fourth-order valence-corrected chi connectivity index (χ4v) is 5.09. The molecule has 8 heteroatoms. The van der Waals surface area contributed by atoms with Crippen molar-refractivity contribution in [1.82, 2.24) is 14.5 Å². The van der Waals surface area contributed by atoms with Gasteiger partial charge in [-0.15, -0.1) is 0 Å². The van der Waals surface area contributed by atoms with Crippen LogP contribution in [0.1, 0.15) is 47.4 Å². The SMILES string of the molecule is CC(C)N1C[C@H](C(c2ccccc2)c2ccccc2)n2c(S(C)=O)nc(=O)c(O)c2C1=O. The summed E-state index contributed by atoms with van der Waals surface area (Å²) >= 11 is 0. The Kier molecular flexibility index (Phi) is 5.97. The number of benzene rings is 2. The van der Waals surface area contributed by atoms with Crippen LogP contribution in [-0.4, -0.2) is 48.5 Å². The lowest BCUT2D eigenvalue weighted by atomic mass is 9.83. The maximum atomic E-state index is 13.3. The van der Waals surface area contributed by atoms with Crippen molar-refractivity contribution in [2.45, 2.75) is 37.0 Å². The lowest BCUT2D eigenvalue weighted by Gasteiger charge is -2.42. The molecule has 0 aliphatic carbocycles. The zero-order valence-corrected chi connectivity index (χ0v) is 19.0. The Morgan fingerprint density at radius 3 is 2.00 bits per heavy atom. The molecule has 1 aromatic heterocycles. The molecule has 1 amide bonds. The van der Waals surface area contributed by atoms with Gasteiger partial charge in [0.1, 0.15) is 0 Å². The zero-order chi connectivity index (χ0) is 23.0. The van der Waals surface area contributed by atoms with Gasteiger partial charge in [0.15, 0.2) is 5.69 Å². The molecule has 0 radical (unpaired) electrons. The molecule has 2 atom stereocenters. The first-order valence-corrected chi connectivity index (χ1v) is 12.0. The molecular weight excluding hydrogens is 426 g/mol. The first-order chi connectivity index (χ1) is 15.3. The molecule has 7 nitrogen and oxygen atoms in total. The third kappa shape index (κ3) is 3.75. The van der Waals surface area contributed by atoms with E-state index in [0.717, 1.165) is 11.1 Å². The number of aromatic hydroxyl groups is 1.